The predicted molar refractivity (Wildman–Crippen MR) is 55.0 cm³/mol. The number of nitrogens with zero attached hydrogens (tertiary/aromatic N) is 2. The van der Waals surface area contributed by atoms with Crippen LogP contribution in [0.2, 0.25) is 0 Å². The molecular weight excluding hydrogens is 210 g/mol. The summed E-state index contributed by atoms with van der Waals surface area (Å²) in [5, 5.41) is 8.94. The molecule has 16 heavy (non-hydrogen) atoms. The van der Waals surface area contributed by atoms with Crippen molar-refractivity contribution < 1.29 is 9.90 Å². The van der Waals surface area contributed by atoms with Gasteiger partial charge in [0.05, 0.1) is 5.56 Å². The van der Waals surface area contributed by atoms with Crippen molar-refractivity contribution in [2.24, 2.45) is 0 Å². The second-order valence-electron chi connectivity index (χ2n) is 3.00. The Bertz CT molecular complexity index is 577. The number of aromatic carboxylic acids is 1. The van der Waals surface area contributed by atoms with Crippen molar-refractivity contribution >= 4 is 5.97 Å². The fraction of sp³-hybridized carbons (Fsp3) is 0. The first kappa shape index (κ1) is 10.0. The molecule has 0 amide bonds. The van der Waals surface area contributed by atoms with Crippen LogP contribution < -0.4 is 5.56 Å². The number of carboxylic acids is 1. The average molecular weight is 217 g/mol. The topological polar surface area (TPSA) is 95.9 Å². The van der Waals surface area contributed by atoms with E-state index in [-0.39, 0.29) is 17.0 Å². The highest BCUT2D eigenvalue weighted by Crippen LogP contribution is 2.16. The van der Waals surface area contributed by atoms with E-state index >= 15 is 0 Å². The normalized spacial score (nSPS) is 10.0. The molecule has 0 fully saturated rings. The van der Waals surface area contributed by atoms with Crippen LogP contribution >= 0.6 is 0 Å². The SMILES string of the molecule is O=C(O)c1cc(=O)[nH]cc1-c1ncccn1. The minimum Gasteiger partial charge on any atom is -0.478 e. The van der Waals surface area contributed by atoms with Gasteiger partial charge >= 0.3 is 5.97 Å². The molecule has 2 rings (SSSR count). The third-order valence-corrected chi connectivity index (χ3v) is 1.96. The Kier molecular flexibility index (Phi) is 2.47. The lowest BCUT2D eigenvalue weighted by Gasteiger charge is -2.02. The Balaban J connectivity index is 2.66. The van der Waals surface area contributed by atoms with Gasteiger partial charge in [-0.1, -0.05) is 0 Å². The quantitative estimate of drug-likeness (QED) is 0.764. The van der Waals surface area contributed by atoms with Gasteiger partial charge in [0.2, 0.25) is 5.56 Å². The lowest BCUT2D eigenvalue weighted by molar-refractivity contribution is 0.0697. The van der Waals surface area contributed by atoms with Crippen molar-refractivity contribution in [3.8, 4) is 11.4 Å². The predicted octanol–water partition coefficient (Wildman–Crippen LogP) is 0.530. The highest BCUT2D eigenvalue weighted by Gasteiger charge is 2.13. The van der Waals surface area contributed by atoms with E-state index in [1.807, 2.05) is 0 Å². The van der Waals surface area contributed by atoms with E-state index < -0.39 is 11.5 Å². The van der Waals surface area contributed by atoms with Crippen LogP contribution in [0.1, 0.15) is 10.4 Å². The van der Waals surface area contributed by atoms with E-state index in [1.165, 1.54) is 18.6 Å². The molecule has 0 spiro atoms. The molecule has 0 aliphatic heterocycles. The number of aromatic nitrogens is 3. The standard InChI is InChI=1S/C10H7N3O3/c14-8-4-6(10(15)16)7(5-13-8)9-11-2-1-3-12-9/h1-5H,(H,13,14)(H,15,16). The number of H-pyrrole nitrogens is 1. The molecule has 0 saturated carbocycles. The fourth-order valence-electron chi connectivity index (χ4n) is 1.27. The zero-order valence-corrected chi connectivity index (χ0v) is 8.04. The van der Waals surface area contributed by atoms with Crippen LogP contribution in [0.15, 0.2) is 35.5 Å². The summed E-state index contributed by atoms with van der Waals surface area (Å²) in [7, 11) is 0. The lowest BCUT2D eigenvalue weighted by atomic mass is 10.1. The van der Waals surface area contributed by atoms with Gasteiger partial charge < -0.3 is 10.1 Å². The molecule has 6 heteroatoms. The number of carboxylic acid groups (broad SMARTS) is 1. The van der Waals surface area contributed by atoms with Crippen molar-refractivity contribution in [1.29, 1.82) is 0 Å². The maximum atomic E-state index is 11.0. The second kappa shape index (κ2) is 3.93. The Morgan fingerprint density at radius 3 is 2.62 bits per heavy atom. The number of rotatable bonds is 2. The van der Waals surface area contributed by atoms with Crippen molar-refractivity contribution in [1.82, 2.24) is 15.0 Å². The minimum absolute atomic E-state index is 0.116. The fourth-order valence-corrected chi connectivity index (χ4v) is 1.27. The highest BCUT2D eigenvalue weighted by molar-refractivity contribution is 5.94. The van der Waals surface area contributed by atoms with Crippen LogP contribution in [-0.4, -0.2) is 26.0 Å². The molecule has 0 aliphatic rings. The number of aromatic amines is 1. The van der Waals surface area contributed by atoms with Gasteiger partial charge in [-0.3, -0.25) is 4.79 Å². The van der Waals surface area contributed by atoms with E-state index in [0.717, 1.165) is 6.07 Å². The van der Waals surface area contributed by atoms with Crippen molar-refractivity contribution in [3.63, 3.8) is 0 Å². The Morgan fingerprint density at radius 1 is 1.31 bits per heavy atom. The molecule has 0 saturated heterocycles. The van der Waals surface area contributed by atoms with Gasteiger partial charge in [0.25, 0.3) is 0 Å². The molecule has 0 aliphatic carbocycles. The molecular formula is C10H7N3O3. The summed E-state index contributed by atoms with van der Waals surface area (Å²) in [6, 6.07) is 2.63. The molecule has 2 aromatic heterocycles. The van der Waals surface area contributed by atoms with Crippen LogP contribution in [-0.2, 0) is 0 Å². The molecule has 0 atom stereocenters. The summed E-state index contributed by atoms with van der Waals surface area (Å²) in [5.74, 6) is -0.926. The molecule has 0 unspecified atom stereocenters. The van der Waals surface area contributed by atoms with E-state index in [2.05, 4.69) is 15.0 Å². The minimum atomic E-state index is -1.19. The number of hydrogen-bond donors (Lipinski definition) is 2. The van der Waals surface area contributed by atoms with Crippen molar-refractivity contribution in [2.45, 2.75) is 0 Å². The largest absolute Gasteiger partial charge is 0.478 e. The van der Waals surface area contributed by atoms with E-state index in [4.69, 9.17) is 5.11 Å². The lowest BCUT2D eigenvalue weighted by Crippen LogP contribution is -2.11. The summed E-state index contributed by atoms with van der Waals surface area (Å²) in [5.41, 5.74) is -0.306. The van der Waals surface area contributed by atoms with E-state index in [1.54, 1.807) is 6.07 Å². The average Bonchev–Trinajstić information content (AvgIpc) is 2.30. The van der Waals surface area contributed by atoms with Crippen LogP contribution in [0, 0.1) is 0 Å². The maximum Gasteiger partial charge on any atom is 0.336 e. The molecule has 6 nitrogen and oxygen atoms in total. The molecule has 80 valence electrons. The Morgan fingerprint density at radius 2 is 2.00 bits per heavy atom. The number of carbonyl (C=O) groups is 1. The van der Waals surface area contributed by atoms with Gasteiger partial charge in [-0.05, 0) is 6.07 Å². The summed E-state index contributed by atoms with van der Waals surface area (Å²) in [6.45, 7) is 0. The maximum absolute atomic E-state index is 11.0. The van der Waals surface area contributed by atoms with Crippen LogP contribution in [0.5, 0.6) is 0 Å². The zero-order chi connectivity index (χ0) is 11.5. The van der Waals surface area contributed by atoms with Crippen LogP contribution in [0.25, 0.3) is 11.4 Å². The van der Waals surface area contributed by atoms with Gasteiger partial charge in [0.15, 0.2) is 5.82 Å². The summed E-state index contributed by atoms with van der Waals surface area (Å²) in [6.07, 6.45) is 4.29. The Labute approximate surface area is 89.6 Å². The Hall–Kier alpha value is -2.50. The molecule has 2 N–H and O–H groups in total. The summed E-state index contributed by atoms with van der Waals surface area (Å²) >= 11 is 0. The molecule has 0 bridgehead atoms. The van der Waals surface area contributed by atoms with Crippen molar-refractivity contribution in [2.75, 3.05) is 0 Å². The first-order valence-corrected chi connectivity index (χ1v) is 4.42. The summed E-state index contributed by atoms with van der Waals surface area (Å²) in [4.78, 5) is 32.2. The van der Waals surface area contributed by atoms with Crippen molar-refractivity contribution in [3.05, 3.63) is 46.6 Å². The van der Waals surface area contributed by atoms with Crippen LogP contribution in [0.4, 0.5) is 0 Å². The molecule has 2 aromatic rings. The van der Waals surface area contributed by atoms with Gasteiger partial charge in [-0.25, -0.2) is 14.8 Å². The van der Waals surface area contributed by atoms with E-state index in [9.17, 15) is 9.59 Å². The summed E-state index contributed by atoms with van der Waals surface area (Å²) < 4.78 is 0. The third kappa shape index (κ3) is 1.81. The van der Waals surface area contributed by atoms with Gasteiger partial charge in [0, 0.05) is 30.2 Å². The number of nitrogens with one attached hydrogen (secondary N) is 1. The second-order valence-corrected chi connectivity index (χ2v) is 3.00. The smallest absolute Gasteiger partial charge is 0.336 e. The van der Waals surface area contributed by atoms with E-state index in [0.29, 0.717) is 0 Å². The van der Waals surface area contributed by atoms with Gasteiger partial charge in [-0.2, -0.15) is 0 Å². The molecule has 2 heterocycles. The van der Waals surface area contributed by atoms with Gasteiger partial charge in [0.1, 0.15) is 0 Å². The number of pyridine rings is 1. The van der Waals surface area contributed by atoms with Gasteiger partial charge in [-0.15, -0.1) is 0 Å². The molecule has 0 aromatic carbocycles. The molecule has 0 radical (unpaired) electrons. The monoisotopic (exact) mass is 217 g/mol. The van der Waals surface area contributed by atoms with Crippen LogP contribution in [0.3, 0.4) is 0 Å². The first-order valence-electron chi connectivity index (χ1n) is 4.42. The zero-order valence-electron chi connectivity index (χ0n) is 8.04. The third-order valence-electron chi connectivity index (χ3n) is 1.96. The highest BCUT2D eigenvalue weighted by atomic mass is 16.4. The number of hydrogen-bond acceptors (Lipinski definition) is 4. The first-order chi connectivity index (χ1) is 7.68.